The SMILES string of the molecule is O=C1NN(c2ccccc2)C(=O)/C1=C\c1cc(Br)cc([N+](=O)[O-])c1OCc1ccc(F)cc1. The smallest absolute Gasteiger partial charge is 0.312 e. The van der Waals surface area contributed by atoms with Crippen molar-refractivity contribution >= 4 is 45.2 Å². The second kappa shape index (κ2) is 9.21. The predicted octanol–water partition coefficient (Wildman–Crippen LogP) is 4.54. The largest absolute Gasteiger partial charge is 0.482 e. The standard InChI is InChI=1S/C23H15BrFN3O5/c24-16-10-15(11-19-22(29)26-27(23(19)30)18-4-2-1-3-5-18)21(20(12-16)28(31)32)33-13-14-6-8-17(25)9-7-14/h1-12H,13H2,(H,26,29)/b19-11-. The predicted molar refractivity (Wildman–Crippen MR) is 122 cm³/mol. The molecule has 3 aromatic carbocycles. The molecule has 10 heteroatoms. The van der Waals surface area contributed by atoms with Crippen molar-refractivity contribution in [2.75, 3.05) is 5.01 Å². The van der Waals surface area contributed by atoms with Crippen LogP contribution in [0.1, 0.15) is 11.1 Å². The number of carbonyl (C=O) groups is 2. The fourth-order valence-corrected chi connectivity index (χ4v) is 3.67. The molecule has 1 aliphatic rings. The molecule has 1 saturated heterocycles. The number of nitrogens with one attached hydrogen (secondary N) is 1. The molecule has 0 aromatic heterocycles. The van der Waals surface area contributed by atoms with Gasteiger partial charge in [-0.25, -0.2) is 9.40 Å². The molecule has 0 unspecified atom stereocenters. The molecule has 0 spiro atoms. The van der Waals surface area contributed by atoms with E-state index in [1.54, 1.807) is 30.3 Å². The van der Waals surface area contributed by atoms with Gasteiger partial charge >= 0.3 is 5.69 Å². The molecule has 1 N–H and O–H groups in total. The quantitative estimate of drug-likeness (QED) is 0.226. The molecular weight excluding hydrogens is 497 g/mol. The van der Waals surface area contributed by atoms with Crippen LogP contribution in [-0.2, 0) is 16.2 Å². The summed E-state index contributed by atoms with van der Waals surface area (Å²) in [6, 6.07) is 16.8. The van der Waals surface area contributed by atoms with Gasteiger partial charge in [-0.3, -0.25) is 25.1 Å². The van der Waals surface area contributed by atoms with Crippen LogP contribution in [0.15, 0.2) is 76.8 Å². The van der Waals surface area contributed by atoms with E-state index in [4.69, 9.17) is 4.74 Å². The Morgan fingerprint density at radius 2 is 1.79 bits per heavy atom. The van der Waals surface area contributed by atoms with Gasteiger partial charge in [0.25, 0.3) is 11.8 Å². The van der Waals surface area contributed by atoms with Crippen LogP contribution < -0.4 is 15.2 Å². The molecule has 0 saturated carbocycles. The Hall–Kier alpha value is -4.05. The summed E-state index contributed by atoms with van der Waals surface area (Å²) < 4.78 is 19.2. The third-order valence-electron chi connectivity index (χ3n) is 4.76. The number of amides is 2. The van der Waals surface area contributed by atoms with Crippen molar-refractivity contribution < 1.29 is 23.6 Å². The minimum atomic E-state index is -0.657. The number of nitro groups is 1. The number of halogens is 2. The first kappa shape index (κ1) is 22.2. The van der Waals surface area contributed by atoms with Crippen LogP contribution >= 0.6 is 15.9 Å². The van der Waals surface area contributed by atoms with Gasteiger partial charge in [-0.2, -0.15) is 0 Å². The zero-order valence-electron chi connectivity index (χ0n) is 16.8. The molecule has 1 aliphatic heterocycles. The summed E-state index contributed by atoms with van der Waals surface area (Å²) in [6.07, 6.45) is 1.25. The zero-order valence-corrected chi connectivity index (χ0v) is 18.4. The van der Waals surface area contributed by atoms with Crippen molar-refractivity contribution in [1.82, 2.24) is 5.43 Å². The summed E-state index contributed by atoms with van der Waals surface area (Å²) in [6.45, 7) is -0.0881. The van der Waals surface area contributed by atoms with Crippen molar-refractivity contribution in [3.05, 3.63) is 104 Å². The molecule has 0 bridgehead atoms. The van der Waals surface area contributed by atoms with E-state index in [2.05, 4.69) is 21.4 Å². The highest BCUT2D eigenvalue weighted by atomic mass is 79.9. The number of ether oxygens (including phenoxy) is 1. The van der Waals surface area contributed by atoms with E-state index in [9.17, 15) is 24.1 Å². The number of hydrazine groups is 1. The van der Waals surface area contributed by atoms with Gasteiger partial charge in [0.05, 0.1) is 10.6 Å². The highest BCUT2D eigenvalue weighted by molar-refractivity contribution is 9.10. The number of hydrogen-bond donors (Lipinski definition) is 1. The third-order valence-corrected chi connectivity index (χ3v) is 5.22. The molecule has 33 heavy (non-hydrogen) atoms. The Bertz CT molecular complexity index is 1280. The Labute approximate surface area is 195 Å². The van der Waals surface area contributed by atoms with Gasteiger partial charge in [0.1, 0.15) is 18.0 Å². The van der Waals surface area contributed by atoms with Crippen LogP contribution in [0.3, 0.4) is 0 Å². The average Bonchev–Trinajstić information content (AvgIpc) is 3.08. The van der Waals surface area contributed by atoms with Gasteiger partial charge in [0, 0.05) is 16.1 Å². The minimum absolute atomic E-state index is 0.0881. The zero-order chi connectivity index (χ0) is 23.5. The lowest BCUT2D eigenvalue weighted by Crippen LogP contribution is -2.35. The van der Waals surface area contributed by atoms with E-state index in [1.807, 2.05) is 0 Å². The molecule has 1 heterocycles. The van der Waals surface area contributed by atoms with Crippen LogP contribution in [0.4, 0.5) is 15.8 Å². The molecule has 166 valence electrons. The van der Waals surface area contributed by atoms with E-state index in [0.29, 0.717) is 15.7 Å². The summed E-state index contributed by atoms with van der Waals surface area (Å²) in [5.41, 5.74) is 3.12. The van der Waals surface area contributed by atoms with Crippen LogP contribution in [0, 0.1) is 15.9 Å². The highest BCUT2D eigenvalue weighted by Crippen LogP contribution is 2.37. The molecule has 0 radical (unpaired) electrons. The van der Waals surface area contributed by atoms with E-state index in [-0.39, 0.29) is 29.2 Å². The summed E-state index contributed by atoms with van der Waals surface area (Å²) in [4.78, 5) is 36.5. The molecular formula is C23H15BrFN3O5. The van der Waals surface area contributed by atoms with Crippen LogP contribution in [-0.4, -0.2) is 16.7 Å². The van der Waals surface area contributed by atoms with Crippen molar-refractivity contribution in [3.8, 4) is 5.75 Å². The van der Waals surface area contributed by atoms with Crippen molar-refractivity contribution in [2.24, 2.45) is 0 Å². The van der Waals surface area contributed by atoms with Gasteiger partial charge < -0.3 is 4.74 Å². The number of benzene rings is 3. The monoisotopic (exact) mass is 511 g/mol. The summed E-state index contributed by atoms with van der Waals surface area (Å²) in [7, 11) is 0. The van der Waals surface area contributed by atoms with E-state index >= 15 is 0 Å². The van der Waals surface area contributed by atoms with Crippen molar-refractivity contribution in [2.45, 2.75) is 6.61 Å². The molecule has 4 rings (SSSR count). The fourth-order valence-electron chi connectivity index (χ4n) is 3.21. The normalized spacial score (nSPS) is 14.5. The van der Waals surface area contributed by atoms with Gasteiger partial charge in [-0.05, 0) is 42.0 Å². The first-order valence-corrected chi connectivity index (χ1v) is 10.4. The van der Waals surface area contributed by atoms with E-state index in [0.717, 1.165) is 5.01 Å². The van der Waals surface area contributed by atoms with E-state index < -0.39 is 22.6 Å². The fraction of sp³-hybridized carbons (Fsp3) is 0.0435. The summed E-state index contributed by atoms with van der Waals surface area (Å²) in [5.74, 6) is -1.82. The summed E-state index contributed by atoms with van der Waals surface area (Å²) >= 11 is 3.22. The first-order valence-electron chi connectivity index (χ1n) is 9.61. The van der Waals surface area contributed by atoms with Gasteiger partial charge in [0.15, 0.2) is 0 Å². The second-order valence-electron chi connectivity index (χ2n) is 6.99. The van der Waals surface area contributed by atoms with E-state index in [1.165, 1.54) is 42.5 Å². The van der Waals surface area contributed by atoms with Crippen molar-refractivity contribution in [1.29, 1.82) is 0 Å². The average molecular weight is 512 g/mol. The minimum Gasteiger partial charge on any atom is -0.482 e. The summed E-state index contributed by atoms with van der Waals surface area (Å²) in [5, 5.41) is 12.8. The van der Waals surface area contributed by atoms with Crippen LogP contribution in [0.2, 0.25) is 0 Å². The Morgan fingerprint density at radius 1 is 1.09 bits per heavy atom. The van der Waals surface area contributed by atoms with Gasteiger partial charge in [-0.15, -0.1) is 0 Å². The number of nitro benzene ring substituents is 1. The first-order chi connectivity index (χ1) is 15.8. The van der Waals surface area contributed by atoms with Gasteiger partial charge in [0.2, 0.25) is 5.75 Å². The number of rotatable bonds is 6. The Balaban J connectivity index is 1.72. The topological polar surface area (TPSA) is 102 Å². The lowest BCUT2D eigenvalue weighted by molar-refractivity contribution is -0.386. The number of hydrogen-bond acceptors (Lipinski definition) is 5. The number of nitrogens with zero attached hydrogens (tertiary/aromatic N) is 2. The maximum absolute atomic E-state index is 13.2. The molecule has 8 nitrogen and oxygen atoms in total. The Morgan fingerprint density at radius 3 is 2.45 bits per heavy atom. The Kier molecular flexibility index (Phi) is 6.18. The third kappa shape index (κ3) is 4.75. The molecule has 0 aliphatic carbocycles. The highest BCUT2D eigenvalue weighted by Gasteiger charge is 2.35. The maximum atomic E-state index is 13.2. The second-order valence-corrected chi connectivity index (χ2v) is 7.91. The van der Waals surface area contributed by atoms with Crippen LogP contribution in [0.25, 0.3) is 6.08 Å². The molecule has 3 aromatic rings. The molecule has 2 amide bonds. The number of para-hydroxylation sites is 1. The van der Waals surface area contributed by atoms with Crippen LogP contribution in [0.5, 0.6) is 5.75 Å². The number of carbonyl (C=O) groups excluding carboxylic acids is 2. The lowest BCUT2D eigenvalue weighted by Gasteiger charge is -2.14. The van der Waals surface area contributed by atoms with Gasteiger partial charge in [-0.1, -0.05) is 46.3 Å². The van der Waals surface area contributed by atoms with Crippen molar-refractivity contribution in [3.63, 3.8) is 0 Å². The molecule has 1 fully saturated rings. The lowest BCUT2D eigenvalue weighted by atomic mass is 10.1. The number of anilines is 1. The maximum Gasteiger partial charge on any atom is 0.312 e. The molecule has 0 atom stereocenters.